The maximum atomic E-state index is 12.3. The van der Waals surface area contributed by atoms with Gasteiger partial charge in [0.15, 0.2) is 0 Å². The molecule has 0 fully saturated rings. The molecule has 5 nitrogen and oxygen atoms in total. The van der Waals surface area contributed by atoms with Crippen LogP contribution in [-0.2, 0) is 11.2 Å². The van der Waals surface area contributed by atoms with Crippen LogP contribution >= 0.6 is 0 Å². The van der Waals surface area contributed by atoms with Gasteiger partial charge in [-0.2, -0.15) is 0 Å². The lowest BCUT2D eigenvalue weighted by Gasteiger charge is -2.21. The summed E-state index contributed by atoms with van der Waals surface area (Å²) in [5.74, 6) is -0.130. The summed E-state index contributed by atoms with van der Waals surface area (Å²) in [5, 5.41) is 2.91. The summed E-state index contributed by atoms with van der Waals surface area (Å²) < 4.78 is 4.96. The molecule has 24 heavy (non-hydrogen) atoms. The minimum Gasteiger partial charge on any atom is -0.472 e. The van der Waals surface area contributed by atoms with Gasteiger partial charge in [0, 0.05) is 26.1 Å². The van der Waals surface area contributed by atoms with E-state index in [2.05, 4.69) is 5.32 Å². The second-order valence-corrected chi connectivity index (χ2v) is 5.64. The number of carbonyl (C=O) groups excluding carboxylic acids is 2. The molecule has 2 aromatic rings. The summed E-state index contributed by atoms with van der Waals surface area (Å²) in [6.07, 6.45) is 4.87. The highest BCUT2D eigenvalue weighted by Crippen LogP contribution is 2.07. The average Bonchev–Trinajstić information content (AvgIpc) is 3.13. The number of amides is 2. The van der Waals surface area contributed by atoms with Crippen molar-refractivity contribution in [2.45, 2.75) is 26.2 Å². The Morgan fingerprint density at radius 1 is 1.12 bits per heavy atom. The van der Waals surface area contributed by atoms with E-state index in [9.17, 15) is 9.59 Å². The topological polar surface area (TPSA) is 62.6 Å². The van der Waals surface area contributed by atoms with E-state index >= 15 is 0 Å². The molecule has 2 rings (SSSR count). The summed E-state index contributed by atoms with van der Waals surface area (Å²) in [6.45, 7) is 3.65. The highest BCUT2D eigenvalue weighted by molar-refractivity contribution is 5.94. The van der Waals surface area contributed by atoms with Crippen molar-refractivity contribution in [3.05, 3.63) is 60.1 Å². The van der Waals surface area contributed by atoms with E-state index in [1.54, 1.807) is 11.0 Å². The van der Waals surface area contributed by atoms with Crippen molar-refractivity contribution in [3.8, 4) is 0 Å². The van der Waals surface area contributed by atoms with Crippen LogP contribution in [0.1, 0.15) is 35.7 Å². The van der Waals surface area contributed by atoms with E-state index in [-0.39, 0.29) is 11.8 Å². The minimum absolute atomic E-state index is 0.0352. The van der Waals surface area contributed by atoms with Crippen molar-refractivity contribution in [1.82, 2.24) is 10.2 Å². The molecule has 0 saturated carbocycles. The van der Waals surface area contributed by atoms with Crippen LogP contribution in [0.2, 0.25) is 0 Å². The Labute approximate surface area is 142 Å². The molecule has 1 heterocycles. The van der Waals surface area contributed by atoms with Gasteiger partial charge in [0.25, 0.3) is 5.91 Å². The maximum absolute atomic E-state index is 12.3. The van der Waals surface area contributed by atoms with Gasteiger partial charge in [-0.3, -0.25) is 9.59 Å². The summed E-state index contributed by atoms with van der Waals surface area (Å²) in [6, 6.07) is 11.7. The predicted octanol–water partition coefficient (Wildman–Crippen LogP) is 2.88. The lowest BCUT2D eigenvalue weighted by Crippen LogP contribution is -2.36. The number of hydrogen-bond acceptors (Lipinski definition) is 3. The van der Waals surface area contributed by atoms with Gasteiger partial charge >= 0.3 is 0 Å². The van der Waals surface area contributed by atoms with Crippen molar-refractivity contribution >= 4 is 11.8 Å². The number of furan rings is 1. The molecule has 1 aromatic heterocycles. The van der Waals surface area contributed by atoms with E-state index in [0.717, 1.165) is 12.8 Å². The van der Waals surface area contributed by atoms with Crippen molar-refractivity contribution in [1.29, 1.82) is 0 Å². The second kappa shape index (κ2) is 9.55. The van der Waals surface area contributed by atoms with Gasteiger partial charge in [-0.15, -0.1) is 0 Å². The van der Waals surface area contributed by atoms with Gasteiger partial charge in [0.2, 0.25) is 5.91 Å². The molecule has 5 heteroatoms. The summed E-state index contributed by atoms with van der Waals surface area (Å²) >= 11 is 0. The van der Waals surface area contributed by atoms with Gasteiger partial charge in [0.05, 0.1) is 11.8 Å². The second-order valence-electron chi connectivity index (χ2n) is 5.64. The molecule has 0 aliphatic carbocycles. The minimum atomic E-state index is -0.0947. The molecule has 0 radical (unpaired) electrons. The number of nitrogens with one attached hydrogen (secondary N) is 1. The highest BCUT2D eigenvalue weighted by atomic mass is 16.3. The van der Waals surface area contributed by atoms with E-state index in [4.69, 9.17) is 4.42 Å². The van der Waals surface area contributed by atoms with Crippen molar-refractivity contribution in [2.75, 3.05) is 19.6 Å². The quantitative estimate of drug-likeness (QED) is 0.770. The van der Waals surface area contributed by atoms with E-state index < -0.39 is 0 Å². The van der Waals surface area contributed by atoms with E-state index in [1.807, 2.05) is 37.3 Å². The Bertz CT molecular complexity index is 623. The van der Waals surface area contributed by atoms with Crippen molar-refractivity contribution in [3.63, 3.8) is 0 Å². The largest absolute Gasteiger partial charge is 0.472 e. The molecule has 0 spiro atoms. The highest BCUT2D eigenvalue weighted by Gasteiger charge is 2.17. The lowest BCUT2D eigenvalue weighted by atomic mass is 10.1. The smallest absolute Gasteiger partial charge is 0.257 e. The van der Waals surface area contributed by atoms with Crippen LogP contribution < -0.4 is 5.32 Å². The molecule has 128 valence electrons. The van der Waals surface area contributed by atoms with Gasteiger partial charge in [0.1, 0.15) is 6.26 Å². The molecule has 2 amide bonds. The monoisotopic (exact) mass is 328 g/mol. The Morgan fingerprint density at radius 2 is 1.92 bits per heavy atom. The van der Waals surface area contributed by atoms with Gasteiger partial charge in [-0.25, -0.2) is 0 Å². The van der Waals surface area contributed by atoms with Crippen LogP contribution in [0.15, 0.2) is 53.3 Å². The number of hydrogen-bond donors (Lipinski definition) is 1. The Morgan fingerprint density at radius 3 is 2.58 bits per heavy atom. The van der Waals surface area contributed by atoms with E-state index in [1.165, 1.54) is 18.1 Å². The third-order valence-corrected chi connectivity index (χ3v) is 3.74. The fourth-order valence-electron chi connectivity index (χ4n) is 2.47. The van der Waals surface area contributed by atoms with Crippen LogP contribution in [0, 0.1) is 0 Å². The fourth-order valence-corrected chi connectivity index (χ4v) is 2.47. The Balaban J connectivity index is 1.74. The number of nitrogens with zero attached hydrogens (tertiary/aromatic N) is 1. The maximum Gasteiger partial charge on any atom is 0.257 e. The average molecular weight is 328 g/mol. The first kappa shape index (κ1) is 17.8. The Hall–Kier alpha value is -2.56. The van der Waals surface area contributed by atoms with Gasteiger partial charge in [-0.05, 0) is 24.5 Å². The number of benzene rings is 1. The molecule has 1 N–H and O–H groups in total. The van der Waals surface area contributed by atoms with Gasteiger partial charge < -0.3 is 14.6 Å². The number of carbonyl (C=O) groups is 2. The zero-order chi connectivity index (χ0) is 17.2. The summed E-state index contributed by atoms with van der Waals surface area (Å²) in [7, 11) is 0. The molecule has 0 atom stereocenters. The molecule has 0 bridgehead atoms. The predicted molar refractivity (Wildman–Crippen MR) is 92.7 cm³/mol. The van der Waals surface area contributed by atoms with Crippen LogP contribution in [0.4, 0.5) is 0 Å². The molecule has 0 saturated heterocycles. The Kier molecular flexibility index (Phi) is 7.08. The lowest BCUT2D eigenvalue weighted by molar-refractivity contribution is -0.121. The molecule has 0 unspecified atom stereocenters. The summed E-state index contributed by atoms with van der Waals surface area (Å²) in [5.41, 5.74) is 1.72. The molecular formula is C19H24N2O3. The van der Waals surface area contributed by atoms with Crippen molar-refractivity contribution < 1.29 is 14.0 Å². The molecule has 1 aromatic carbocycles. The molecular weight excluding hydrogens is 304 g/mol. The SMILES string of the molecule is CCCN(CCC(=O)NCCc1ccccc1)C(=O)c1ccoc1. The van der Waals surface area contributed by atoms with Crippen LogP contribution in [0.25, 0.3) is 0 Å². The fraction of sp³-hybridized carbons (Fsp3) is 0.368. The first-order valence-electron chi connectivity index (χ1n) is 8.32. The third-order valence-electron chi connectivity index (χ3n) is 3.74. The van der Waals surface area contributed by atoms with Crippen LogP contribution in [0.5, 0.6) is 0 Å². The molecule has 0 aliphatic heterocycles. The van der Waals surface area contributed by atoms with Crippen LogP contribution in [-0.4, -0.2) is 36.3 Å². The van der Waals surface area contributed by atoms with Crippen molar-refractivity contribution in [2.24, 2.45) is 0 Å². The normalized spacial score (nSPS) is 10.4. The first-order valence-corrected chi connectivity index (χ1v) is 8.32. The number of rotatable bonds is 9. The van der Waals surface area contributed by atoms with E-state index in [0.29, 0.717) is 31.6 Å². The molecule has 0 aliphatic rings. The standard InChI is InChI=1S/C19H24N2O3/c1-2-12-21(19(23)17-10-14-24-15-17)13-9-18(22)20-11-8-16-6-4-3-5-7-16/h3-7,10,14-15H,2,8-9,11-13H2,1H3,(H,20,22). The zero-order valence-corrected chi connectivity index (χ0v) is 14.0. The van der Waals surface area contributed by atoms with Gasteiger partial charge in [-0.1, -0.05) is 37.3 Å². The summed E-state index contributed by atoms with van der Waals surface area (Å²) in [4.78, 5) is 26.0. The van der Waals surface area contributed by atoms with Crippen LogP contribution in [0.3, 0.4) is 0 Å². The third kappa shape index (κ3) is 5.57. The zero-order valence-electron chi connectivity index (χ0n) is 14.0. The first-order chi connectivity index (χ1) is 11.7.